The summed E-state index contributed by atoms with van der Waals surface area (Å²) in [6.07, 6.45) is 13.1. The van der Waals surface area contributed by atoms with Crippen LogP contribution in [0.4, 0.5) is 0 Å². The molecule has 0 aliphatic heterocycles. The Hall–Kier alpha value is 0. The minimum atomic E-state index is 0.753. The topological polar surface area (TPSA) is 0 Å². The summed E-state index contributed by atoms with van der Waals surface area (Å²) < 4.78 is 0. The number of unbranched alkanes of at least 4 members (excludes halogenated alkanes) is 5. The highest BCUT2D eigenvalue weighted by molar-refractivity contribution is 4.92. The summed E-state index contributed by atoms with van der Waals surface area (Å²) in [4.78, 5) is 0. The van der Waals surface area contributed by atoms with Crippen LogP contribution in [0.15, 0.2) is 0 Å². The van der Waals surface area contributed by atoms with Gasteiger partial charge in [-0.1, -0.05) is 65.7 Å². The summed E-state index contributed by atoms with van der Waals surface area (Å²) in [6.45, 7) is 7.21. The summed E-state index contributed by atoms with van der Waals surface area (Å²) in [5.41, 5.74) is 0.753. The number of hydrogen-bond acceptors (Lipinski definition) is 0. The molecule has 0 aromatic heterocycles. The lowest BCUT2D eigenvalue weighted by molar-refractivity contribution is 0.329. The Kier molecular flexibility index (Phi) is 4.98. The quantitative estimate of drug-likeness (QED) is 0.470. The smallest absolute Gasteiger partial charge is 0.0300 e. The lowest BCUT2D eigenvalue weighted by Crippen LogP contribution is -2.07. The van der Waals surface area contributed by atoms with Crippen molar-refractivity contribution in [2.45, 2.75) is 78.6 Å². The monoisotopic (exact) mass is 196 g/mol. The van der Waals surface area contributed by atoms with E-state index in [-0.39, 0.29) is 0 Å². The fourth-order valence-corrected chi connectivity index (χ4v) is 2.27. The van der Waals surface area contributed by atoms with Gasteiger partial charge in [0, 0.05) is 0 Å². The second-order valence-electron chi connectivity index (χ2n) is 5.61. The van der Waals surface area contributed by atoms with E-state index in [1.165, 1.54) is 57.8 Å². The van der Waals surface area contributed by atoms with E-state index in [0.717, 1.165) is 11.3 Å². The summed E-state index contributed by atoms with van der Waals surface area (Å²) in [5.74, 6) is 0.980. The standard InChI is InChI=1S/C14H28/c1-4-5-6-7-8-9-10-13(2)14(3)11-12-14/h13H,4-12H2,1-3H3. The van der Waals surface area contributed by atoms with E-state index in [0.29, 0.717) is 0 Å². The Morgan fingerprint density at radius 2 is 1.57 bits per heavy atom. The highest BCUT2D eigenvalue weighted by atomic mass is 14.5. The van der Waals surface area contributed by atoms with Gasteiger partial charge < -0.3 is 0 Å². The molecule has 0 saturated heterocycles. The molecule has 0 bridgehead atoms. The first-order valence-corrected chi connectivity index (χ1v) is 6.69. The fourth-order valence-electron chi connectivity index (χ4n) is 2.27. The first-order valence-electron chi connectivity index (χ1n) is 6.69. The molecule has 0 spiro atoms. The van der Waals surface area contributed by atoms with E-state index in [2.05, 4.69) is 20.8 Å². The molecular formula is C14H28. The highest BCUT2D eigenvalue weighted by Crippen LogP contribution is 2.52. The van der Waals surface area contributed by atoms with Gasteiger partial charge in [-0.15, -0.1) is 0 Å². The van der Waals surface area contributed by atoms with Crippen molar-refractivity contribution in [1.29, 1.82) is 0 Å². The molecule has 14 heavy (non-hydrogen) atoms. The summed E-state index contributed by atoms with van der Waals surface area (Å²) >= 11 is 0. The van der Waals surface area contributed by atoms with Crippen LogP contribution < -0.4 is 0 Å². The SMILES string of the molecule is CCCCCCCCC(C)C1(C)CC1. The normalized spacial score (nSPS) is 20.8. The summed E-state index contributed by atoms with van der Waals surface area (Å²) in [6, 6.07) is 0. The van der Waals surface area contributed by atoms with Crippen molar-refractivity contribution in [3.8, 4) is 0 Å². The maximum Gasteiger partial charge on any atom is -0.0300 e. The molecule has 1 aliphatic rings. The molecule has 1 rings (SSSR count). The van der Waals surface area contributed by atoms with Gasteiger partial charge in [-0.2, -0.15) is 0 Å². The van der Waals surface area contributed by atoms with Gasteiger partial charge in [0.25, 0.3) is 0 Å². The van der Waals surface area contributed by atoms with Crippen molar-refractivity contribution < 1.29 is 0 Å². The van der Waals surface area contributed by atoms with Gasteiger partial charge in [-0.3, -0.25) is 0 Å². The van der Waals surface area contributed by atoms with Crippen LogP contribution >= 0.6 is 0 Å². The Balaban J connectivity index is 1.88. The Morgan fingerprint density at radius 3 is 2.14 bits per heavy atom. The molecule has 0 amide bonds. The predicted octanol–water partition coefficient (Wildman–Crippen LogP) is 5.17. The lowest BCUT2D eigenvalue weighted by atomic mass is 9.88. The minimum absolute atomic E-state index is 0.753. The van der Waals surface area contributed by atoms with Crippen molar-refractivity contribution in [2.24, 2.45) is 11.3 Å². The van der Waals surface area contributed by atoms with E-state index in [9.17, 15) is 0 Å². The van der Waals surface area contributed by atoms with Crippen LogP contribution in [-0.2, 0) is 0 Å². The molecule has 1 atom stereocenters. The molecule has 0 radical (unpaired) electrons. The summed E-state index contributed by atoms with van der Waals surface area (Å²) in [5, 5.41) is 0. The van der Waals surface area contributed by atoms with Crippen LogP contribution in [-0.4, -0.2) is 0 Å². The van der Waals surface area contributed by atoms with Crippen LogP contribution in [0.2, 0.25) is 0 Å². The van der Waals surface area contributed by atoms with Crippen molar-refractivity contribution in [2.75, 3.05) is 0 Å². The second-order valence-corrected chi connectivity index (χ2v) is 5.61. The maximum atomic E-state index is 2.47. The third-order valence-corrected chi connectivity index (χ3v) is 4.22. The Morgan fingerprint density at radius 1 is 1.00 bits per heavy atom. The average Bonchev–Trinajstić information content (AvgIpc) is 2.91. The van der Waals surface area contributed by atoms with E-state index in [4.69, 9.17) is 0 Å². The first-order chi connectivity index (χ1) is 6.69. The van der Waals surface area contributed by atoms with Crippen LogP contribution in [0, 0.1) is 11.3 Å². The molecular weight excluding hydrogens is 168 g/mol. The van der Waals surface area contributed by atoms with E-state index in [1.54, 1.807) is 0 Å². The minimum Gasteiger partial charge on any atom is -0.0654 e. The van der Waals surface area contributed by atoms with Gasteiger partial charge >= 0.3 is 0 Å². The van der Waals surface area contributed by atoms with Crippen LogP contribution in [0.5, 0.6) is 0 Å². The Bertz CT molecular complexity index is 144. The molecule has 0 N–H and O–H groups in total. The van der Waals surface area contributed by atoms with Gasteiger partial charge in [-0.25, -0.2) is 0 Å². The molecule has 1 fully saturated rings. The van der Waals surface area contributed by atoms with Gasteiger partial charge in [-0.05, 0) is 24.2 Å². The largest absolute Gasteiger partial charge is 0.0654 e. The Labute approximate surface area is 90.5 Å². The second kappa shape index (κ2) is 5.78. The molecule has 0 aromatic rings. The van der Waals surface area contributed by atoms with Crippen molar-refractivity contribution >= 4 is 0 Å². The third-order valence-electron chi connectivity index (χ3n) is 4.22. The molecule has 0 heteroatoms. The number of hydrogen-bond donors (Lipinski definition) is 0. The van der Waals surface area contributed by atoms with E-state index >= 15 is 0 Å². The van der Waals surface area contributed by atoms with Gasteiger partial charge in [0.05, 0.1) is 0 Å². The van der Waals surface area contributed by atoms with Crippen LogP contribution in [0.25, 0.3) is 0 Å². The lowest BCUT2D eigenvalue weighted by Gasteiger charge is -2.18. The molecule has 0 heterocycles. The van der Waals surface area contributed by atoms with Crippen LogP contribution in [0.3, 0.4) is 0 Å². The zero-order chi connectivity index (χ0) is 10.4. The molecule has 1 aliphatic carbocycles. The van der Waals surface area contributed by atoms with Crippen LogP contribution in [0.1, 0.15) is 78.6 Å². The number of rotatable bonds is 8. The van der Waals surface area contributed by atoms with Gasteiger partial charge in [0.1, 0.15) is 0 Å². The van der Waals surface area contributed by atoms with Gasteiger partial charge in [0.2, 0.25) is 0 Å². The molecule has 0 aromatic carbocycles. The van der Waals surface area contributed by atoms with Gasteiger partial charge in [0.15, 0.2) is 0 Å². The predicted molar refractivity (Wildman–Crippen MR) is 64.5 cm³/mol. The molecule has 0 nitrogen and oxygen atoms in total. The van der Waals surface area contributed by atoms with E-state index in [1.807, 2.05) is 0 Å². The zero-order valence-electron chi connectivity index (χ0n) is 10.4. The van der Waals surface area contributed by atoms with E-state index < -0.39 is 0 Å². The maximum absolute atomic E-state index is 2.47. The third kappa shape index (κ3) is 4.02. The molecule has 1 unspecified atom stereocenters. The zero-order valence-corrected chi connectivity index (χ0v) is 10.4. The first kappa shape index (κ1) is 12.1. The average molecular weight is 196 g/mol. The van der Waals surface area contributed by atoms with Crippen molar-refractivity contribution in [1.82, 2.24) is 0 Å². The van der Waals surface area contributed by atoms with Crippen molar-refractivity contribution in [3.05, 3.63) is 0 Å². The molecule has 1 saturated carbocycles. The molecule has 84 valence electrons. The van der Waals surface area contributed by atoms with Crippen molar-refractivity contribution in [3.63, 3.8) is 0 Å². The highest BCUT2D eigenvalue weighted by Gasteiger charge is 2.41. The summed E-state index contributed by atoms with van der Waals surface area (Å²) in [7, 11) is 0. The fraction of sp³-hybridized carbons (Fsp3) is 1.00.